The second kappa shape index (κ2) is 6.48. The zero-order valence-electron chi connectivity index (χ0n) is 9.70. The number of benzene rings is 2. The highest BCUT2D eigenvalue weighted by Crippen LogP contribution is 2.36. The standard InChI is InChI=1S/C14H13Cl2NS/c15-11-6-5-10(7-8-17)14(9-11)18-13-4-2-1-3-12(13)16/h1-6,9H,7-8,17H2. The van der Waals surface area contributed by atoms with E-state index in [0.717, 1.165) is 26.3 Å². The first-order chi connectivity index (χ1) is 8.70. The van der Waals surface area contributed by atoms with Gasteiger partial charge in [0, 0.05) is 14.8 Å². The average Bonchev–Trinajstić information content (AvgIpc) is 2.36. The van der Waals surface area contributed by atoms with Crippen LogP contribution in [0.5, 0.6) is 0 Å². The minimum Gasteiger partial charge on any atom is -0.330 e. The lowest BCUT2D eigenvalue weighted by molar-refractivity contribution is 0.944. The Kier molecular flexibility index (Phi) is 4.95. The maximum Gasteiger partial charge on any atom is 0.0545 e. The van der Waals surface area contributed by atoms with E-state index in [0.29, 0.717) is 6.54 Å². The van der Waals surface area contributed by atoms with Gasteiger partial charge in [-0.2, -0.15) is 0 Å². The minimum absolute atomic E-state index is 0.623. The molecule has 0 heterocycles. The summed E-state index contributed by atoms with van der Waals surface area (Å²) in [5, 5.41) is 1.48. The lowest BCUT2D eigenvalue weighted by Crippen LogP contribution is -2.03. The van der Waals surface area contributed by atoms with E-state index in [1.54, 1.807) is 11.8 Å². The van der Waals surface area contributed by atoms with Crippen LogP contribution in [0.15, 0.2) is 52.3 Å². The zero-order chi connectivity index (χ0) is 13.0. The highest BCUT2D eigenvalue weighted by molar-refractivity contribution is 7.99. The third kappa shape index (κ3) is 3.42. The Morgan fingerprint density at radius 2 is 1.78 bits per heavy atom. The number of rotatable bonds is 4. The largest absolute Gasteiger partial charge is 0.330 e. The summed E-state index contributed by atoms with van der Waals surface area (Å²) in [4.78, 5) is 2.14. The van der Waals surface area contributed by atoms with E-state index in [-0.39, 0.29) is 0 Å². The fraction of sp³-hybridized carbons (Fsp3) is 0.143. The highest BCUT2D eigenvalue weighted by atomic mass is 35.5. The van der Waals surface area contributed by atoms with Crippen LogP contribution in [0.4, 0.5) is 0 Å². The van der Waals surface area contributed by atoms with Crippen LogP contribution in [-0.4, -0.2) is 6.54 Å². The molecule has 0 aliphatic heterocycles. The van der Waals surface area contributed by atoms with Gasteiger partial charge >= 0.3 is 0 Å². The predicted molar refractivity (Wildman–Crippen MR) is 79.8 cm³/mol. The van der Waals surface area contributed by atoms with E-state index in [1.165, 1.54) is 5.56 Å². The van der Waals surface area contributed by atoms with Crippen LogP contribution in [0.1, 0.15) is 5.56 Å². The summed E-state index contributed by atoms with van der Waals surface area (Å²) in [5.74, 6) is 0. The Hall–Kier alpha value is -0.670. The molecule has 0 aliphatic carbocycles. The fourth-order valence-corrected chi connectivity index (χ4v) is 3.16. The molecule has 2 aromatic carbocycles. The Morgan fingerprint density at radius 3 is 2.50 bits per heavy atom. The van der Waals surface area contributed by atoms with Gasteiger partial charge in [-0.15, -0.1) is 0 Å². The van der Waals surface area contributed by atoms with Gasteiger partial charge in [-0.25, -0.2) is 0 Å². The monoisotopic (exact) mass is 297 g/mol. The van der Waals surface area contributed by atoms with Gasteiger partial charge in [0.15, 0.2) is 0 Å². The van der Waals surface area contributed by atoms with Crippen LogP contribution in [0, 0.1) is 0 Å². The molecule has 0 aliphatic rings. The summed E-state index contributed by atoms with van der Waals surface area (Å²) >= 11 is 13.8. The molecule has 0 bridgehead atoms. The lowest BCUT2D eigenvalue weighted by atomic mass is 10.1. The Labute approximate surface area is 121 Å². The van der Waals surface area contributed by atoms with Gasteiger partial charge in [0.25, 0.3) is 0 Å². The molecular weight excluding hydrogens is 285 g/mol. The predicted octanol–water partition coefficient (Wildman–Crippen LogP) is 4.65. The molecule has 0 unspecified atom stereocenters. The smallest absolute Gasteiger partial charge is 0.0545 e. The summed E-state index contributed by atoms with van der Waals surface area (Å²) in [7, 11) is 0. The van der Waals surface area contributed by atoms with Gasteiger partial charge < -0.3 is 5.73 Å². The quantitative estimate of drug-likeness (QED) is 0.889. The molecule has 0 aromatic heterocycles. The van der Waals surface area contributed by atoms with Crippen molar-refractivity contribution in [2.24, 2.45) is 5.73 Å². The first-order valence-corrected chi connectivity index (χ1v) is 7.19. The molecule has 4 heteroatoms. The molecule has 0 fully saturated rings. The van der Waals surface area contributed by atoms with Gasteiger partial charge in [0.1, 0.15) is 0 Å². The molecule has 2 N–H and O–H groups in total. The molecule has 0 radical (unpaired) electrons. The topological polar surface area (TPSA) is 26.0 Å². The minimum atomic E-state index is 0.623. The lowest BCUT2D eigenvalue weighted by Gasteiger charge is -2.10. The van der Waals surface area contributed by atoms with Crippen molar-refractivity contribution in [3.63, 3.8) is 0 Å². The number of nitrogens with two attached hydrogens (primary N) is 1. The van der Waals surface area contributed by atoms with E-state index in [1.807, 2.05) is 42.5 Å². The Morgan fingerprint density at radius 1 is 1.00 bits per heavy atom. The normalized spacial score (nSPS) is 10.6. The number of halogens is 2. The van der Waals surface area contributed by atoms with Crippen molar-refractivity contribution < 1.29 is 0 Å². The molecule has 2 aromatic rings. The van der Waals surface area contributed by atoms with Crippen LogP contribution in [-0.2, 0) is 6.42 Å². The third-order valence-electron chi connectivity index (χ3n) is 2.50. The SMILES string of the molecule is NCCc1ccc(Cl)cc1Sc1ccccc1Cl. The number of hydrogen-bond acceptors (Lipinski definition) is 2. The summed E-state index contributed by atoms with van der Waals surface area (Å²) in [6, 6.07) is 13.7. The Bertz CT molecular complexity index is 543. The van der Waals surface area contributed by atoms with Crippen molar-refractivity contribution in [1.29, 1.82) is 0 Å². The maximum absolute atomic E-state index is 6.16. The van der Waals surface area contributed by atoms with E-state index in [4.69, 9.17) is 28.9 Å². The molecule has 2 rings (SSSR count). The molecule has 0 amide bonds. The van der Waals surface area contributed by atoms with Gasteiger partial charge in [-0.1, -0.05) is 53.2 Å². The first-order valence-electron chi connectivity index (χ1n) is 5.61. The van der Waals surface area contributed by atoms with Crippen molar-refractivity contribution in [3.8, 4) is 0 Å². The van der Waals surface area contributed by atoms with E-state index in [2.05, 4.69) is 0 Å². The fourth-order valence-electron chi connectivity index (χ4n) is 1.63. The summed E-state index contributed by atoms with van der Waals surface area (Å²) in [5.41, 5.74) is 6.82. The molecule has 0 saturated carbocycles. The second-order valence-electron chi connectivity index (χ2n) is 3.82. The molecular formula is C14H13Cl2NS. The maximum atomic E-state index is 6.16. The van der Waals surface area contributed by atoms with Crippen molar-refractivity contribution >= 4 is 35.0 Å². The Balaban J connectivity index is 2.33. The molecule has 0 atom stereocenters. The van der Waals surface area contributed by atoms with Crippen molar-refractivity contribution in [1.82, 2.24) is 0 Å². The van der Waals surface area contributed by atoms with Crippen molar-refractivity contribution in [3.05, 3.63) is 58.1 Å². The first kappa shape index (κ1) is 13.8. The summed E-state index contributed by atoms with van der Waals surface area (Å²) < 4.78 is 0. The number of hydrogen-bond donors (Lipinski definition) is 1. The molecule has 1 nitrogen and oxygen atoms in total. The van der Waals surface area contributed by atoms with E-state index < -0.39 is 0 Å². The highest BCUT2D eigenvalue weighted by Gasteiger charge is 2.07. The van der Waals surface area contributed by atoms with Crippen LogP contribution < -0.4 is 5.73 Å². The van der Waals surface area contributed by atoms with Gasteiger partial charge in [0.05, 0.1) is 5.02 Å². The summed E-state index contributed by atoms with van der Waals surface area (Å²) in [6.07, 6.45) is 0.837. The molecule has 0 spiro atoms. The zero-order valence-corrected chi connectivity index (χ0v) is 12.0. The summed E-state index contributed by atoms with van der Waals surface area (Å²) in [6.45, 7) is 0.623. The van der Waals surface area contributed by atoms with Gasteiger partial charge in [-0.05, 0) is 42.8 Å². The molecule has 94 valence electrons. The van der Waals surface area contributed by atoms with Crippen molar-refractivity contribution in [2.45, 2.75) is 16.2 Å². The van der Waals surface area contributed by atoms with Crippen LogP contribution >= 0.6 is 35.0 Å². The van der Waals surface area contributed by atoms with Crippen molar-refractivity contribution in [2.75, 3.05) is 6.54 Å². The third-order valence-corrected chi connectivity index (χ3v) is 4.35. The van der Waals surface area contributed by atoms with E-state index in [9.17, 15) is 0 Å². The second-order valence-corrected chi connectivity index (χ2v) is 5.75. The average molecular weight is 298 g/mol. The van der Waals surface area contributed by atoms with Gasteiger partial charge in [0.2, 0.25) is 0 Å². The molecule has 18 heavy (non-hydrogen) atoms. The molecule has 0 saturated heterocycles. The van der Waals surface area contributed by atoms with Gasteiger partial charge in [-0.3, -0.25) is 0 Å². The van der Waals surface area contributed by atoms with Crippen LogP contribution in [0.25, 0.3) is 0 Å². The van der Waals surface area contributed by atoms with E-state index >= 15 is 0 Å². The van der Waals surface area contributed by atoms with Crippen LogP contribution in [0.3, 0.4) is 0 Å². The van der Waals surface area contributed by atoms with Crippen LogP contribution in [0.2, 0.25) is 10.0 Å².